The van der Waals surface area contributed by atoms with Crippen LogP contribution in [0.4, 0.5) is 0 Å². The standard InChI is InChI=1S/C9H16N2O4/c1-2-4-10-6-8(13)11-5-3-7(12)9(14)15/h2,7,10,12H,1,3-6H2,(H,11,13)(H,14,15)/t7-/m0/s1. The van der Waals surface area contributed by atoms with Gasteiger partial charge in [0.15, 0.2) is 6.10 Å². The fourth-order valence-corrected chi connectivity index (χ4v) is 0.822. The monoisotopic (exact) mass is 216 g/mol. The summed E-state index contributed by atoms with van der Waals surface area (Å²) >= 11 is 0. The van der Waals surface area contributed by atoms with Gasteiger partial charge in [0.1, 0.15) is 0 Å². The molecule has 4 N–H and O–H groups in total. The zero-order chi connectivity index (χ0) is 11.7. The van der Waals surface area contributed by atoms with Crippen LogP contribution in [0.1, 0.15) is 6.42 Å². The number of aliphatic carboxylic acids is 1. The van der Waals surface area contributed by atoms with Crippen molar-refractivity contribution < 1.29 is 19.8 Å². The van der Waals surface area contributed by atoms with Crippen molar-refractivity contribution in [2.24, 2.45) is 0 Å². The first-order chi connectivity index (χ1) is 7.07. The van der Waals surface area contributed by atoms with Gasteiger partial charge in [-0.3, -0.25) is 4.79 Å². The van der Waals surface area contributed by atoms with E-state index in [-0.39, 0.29) is 25.4 Å². The van der Waals surface area contributed by atoms with Gasteiger partial charge in [0, 0.05) is 19.5 Å². The van der Waals surface area contributed by atoms with Crippen molar-refractivity contribution in [3.63, 3.8) is 0 Å². The van der Waals surface area contributed by atoms with Gasteiger partial charge in [-0.2, -0.15) is 0 Å². The van der Waals surface area contributed by atoms with Gasteiger partial charge in [-0.25, -0.2) is 4.79 Å². The van der Waals surface area contributed by atoms with Crippen molar-refractivity contribution in [1.29, 1.82) is 0 Å². The maximum Gasteiger partial charge on any atom is 0.332 e. The van der Waals surface area contributed by atoms with E-state index in [0.717, 1.165) is 0 Å². The normalized spacial score (nSPS) is 11.8. The lowest BCUT2D eigenvalue weighted by Gasteiger charge is -2.07. The Bertz CT molecular complexity index is 230. The van der Waals surface area contributed by atoms with Gasteiger partial charge in [-0.05, 0) is 0 Å². The molecule has 6 heteroatoms. The molecule has 6 nitrogen and oxygen atoms in total. The summed E-state index contributed by atoms with van der Waals surface area (Å²) in [6, 6.07) is 0. The molecule has 1 atom stereocenters. The molecule has 0 heterocycles. The van der Waals surface area contributed by atoms with E-state index in [4.69, 9.17) is 10.2 Å². The highest BCUT2D eigenvalue weighted by Gasteiger charge is 2.12. The summed E-state index contributed by atoms with van der Waals surface area (Å²) in [6.07, 6.45) is 0.204. The van der Waals surface area contributed by atoms with Crippen LogP contribution in [0.3, 0.4) is 0 Å². The molecular formula is C9H16N2O4. The fraction of sp³-hybridized carbons (Fsp3) is 0.556. The van der Waals surface area contributed by atoms with Gasteiger partial charge in [0.2, 0.25) is 5.91 Å². The minimum Gasteiger partial charge on any atom is -0.479 e. The quantitative estimate of drug-likeness (QED) is 0.299. The average Bonchev–Trinajstić information content (AvgIpc) is 2.18. The number of carbonyl (C=O) groups excluding carboxylic acids is 1. The summed E-state index contributed by atoms with van der Waals surface area (Å²) in [5.74, 6) is -1.52. The van der Waals surface area contributed by atoms with Crippen LogP contribution in [0.2, 0.25) is 0 Å². The molecule has 0 unspecified atom stereocenters. The van der Waals surface area contributed by atoms with E-state index < -0.39 is 12.1 Å². The van der Waals surface area contributed by atoms with Crippen molar-refractivity contribution in [2.45, 2.75) is 12.5 Å². The third-order valence-corrected chi connectivity index (χ3v) is 1.60. The molecule has 0 radical (unpaired) electrons. The van der Waals surface area contributed by atoms with Crippen molar-refractivity contribution in [2.75, 3.05) is 19.6 Å². The van der Waals surface area contributed by atoms with Crippen LogP contribution in [0.25, 0.3) is 0 Å². The lowest BCUT2D eigenvalue weighted by atomic mass is 10.2. The molecule has 86 valence electrons. The van der Waals surface area contributed by atoms with Crippen LogP contribution in [0.15, 0.2) is 12.7 Å². The van der Waals surface area contributed by atoms with E-state index in [1.165, 1.54) is 0 Å². The van der Waals surface area contributed by atoms with Crippen molar-refractivity contribution in [1.82, 2.24) is 10.6 Å². The van der Waals surface area contributed by atoms with Crippen molar-refractivity contribution in [3.8, 4) is 0 Å². The second kappa shape index (κ2) is 7.95. The number of aliphatic hydroxyl groups excluding tert-OH is 1. The largest absolute Gasteiger partial charge is 0.479 e. The fourth-order valence-electron chi connectivity index (χ4n) is 0.822. The molecule has 15 heavy (non-hydrogen) atoms. The van der Waals surface area contributed by atoms with Gasteiger partial charge < -0.3 is 20.8 Å². The van der Waals surface area contributed by atoms with Gasteiger partial charge in [-0.1, -0.05) is 6.08 Å². The summed E-state index contributed by atoms with van der Waals surface area (Å²) < 4.78 is 0. The second-order valence-corrected chi connectivity index (χ2v) is 2.91. The third kappa shape index (κ3) is 7.65. The lowest BCUT2D eigenvalue weighted by Crippen LogP contribution is -2.36. The van der Waals surface area contributed by atoms with Crippen LogP contribution in [-0.4, -0.2) is 47.8 Å². The Morgan fingerprint density at radius 1 is 1.47 bits per heavy atom. The predicted octanol–water partition coefficient (Wildman–Crippen LogP) is -1.29. The molecular weight excluding hydrogens is 200 g/mol. The van der Waals surface area contributed by atoms with E-state index in [1.807, 2.05) is 0 Å². The summed E-state index contributed by atoms with van der Waals surface area (Å²) in [6.45, 7) is 4.29. The van der Waals surface area contributed by atoms with E-state index in [9.17, 15) is 9.59 Å². The molecule has 0 rings (SSSR count). The molecule has 0 saturated carbocycles. The molecule has 0 fully saturated rings. The first kappa shape index (κ1) is 13.6. The van der Waals surface area contributed by atoms with Crippen LogP contribution < -0.4 is 10.6 Å². The molecule has 0 aliphatic heterocycles. The number of rotatable bonds is 8. The number of amides is 1. The average molecular weight is 216 g/mol. The first-order valence-electron chi connectivity index (χ1n) is 4.57. The smallest absolute Gasteiger partial charge is 0.332 e. The van der Waals surface area contributed by atoms with E-state index >= 15 is 0 Å². The van der Waals surface area contributed by atoms with Crippen molar-refractivity contribution in [3.05, 3.63) is 12.7 Å². The first-order valence-corrected chi connectivity index (χ1v) is 4.57. The topological polar surface area (TPSA) is 98.7 Å². The number of hydrogen-bond acceptors (Lipinski definition) is 4. The molecule has 0 aromatic carbocycles. The molecule has 0 bridgehead atoms. The Hall–Kier alpha value is -1.40. The van der Waals surface area contributed by atoms with Gasteiger partial charge >= 0.3 is 5.97 Å². The van der Waals surface area contributed by atoms with Gasteiger partial charge in [0.05, 0.1) is 6.54 Å². The van der Waals surface area contributed by atoms with Crippen LogP contribution in [0.5, 0.6) is 0 Å². The highest BCUT2D eigenvalue weighted by atomic mass is 16.4. The zero-order valence-electron chi connectivity index (χ0n) is 8.40. The van der Waals surface area contributed by atoms with Gasteiger partial charge in [-0.15, -0.1) is 6.58 Å². The molecule has 1 amide bonds. The maximum absolute atomic E-state index is 11.0. The summed E-state index contributed by atoms with van der Waals surface area (Å²) in [5.41, 5.74) is 0. The van der Waals surface area contributed by atoms with E-state index in [0.29, 0.717) is 6.54 Å². The van der Waals surface area contributed by atoms with Gasteiger partial charge in [0.25, 0.3) is 0 Å². The molecule has 0 spiro atoms. The predicted molar refractivity (Wildman–Crippen MR) is 54.3 cm³/mol. The minimum atomic E-state index is -1.42. The van der Waals surface area contributed by atoms with Crippen LogP contribution in [-0.2, 0) is 9.59 Å². The number of hydrogen-bond donors (Lipinski definition) is 4. The zero-order valence-corrected chi connectivity index (χ0v) is 8.40. The Balaban J connectivity index is 3.46. The van der Waals surface area contributed by atoms with Crippen molar-refractivity contribution >= 4 is 11.9 Å². The highest BCUT2D eigenvalue weighted by molar-refractivity contribution is 5.78. The molecule has 0 aliphatic carbocycles. The number of aliphatic hydroxyl groups is 1. The molecule has 0 saturated heterocycles. The van der Waals surface area contributed by atoms with E-state index in [1.54, 1.807) is 6.08 Å². The Labute approximate surface area is 88.0 Å². The molecule has 0 aliphatic rings. The molecule has 0 aromatic rings. The third-order valence-electron chi connectivity index (χ3n) is 1.60. The summed E-state index contributed by atoms with van der Waals surface area (Å²) in [4.78, 5) is 21.2. The summed E-state index contributed by atoms with van der Waals surface area (Å²) in [7, 11) is 0. The maximum atomic E-state index is 11.0. The van der Waals surface area contributed by atoms with Crippen LogP contribution in [0, 0.1) is 0 Å². The number of nitrogens with one attached hydrogen (secondary N) is 2. The highest BCUT2D eigenvalue weighted by Crippen LogP contribution is 1.88. The Kier molecular flexibility index (Phi) is 7.21. The van der Waals surface area contributed by atoms with E-state index in [2.05, 4.69) is 17.2 Å². The second-order valence-electron chi connectivity index (χ2n) is 2.91. The Morgan fingerprint density at radius 3 is 2.67 bits per heavy atom. The lowest BCUT2D eigenvalue weighted by molar-refractivity contribution is -0.147. The minimum absolute atomic E-state index is 0.00251. The number of carboxylic acid groups (broad SMARTS) is 1. The SMILES string of the molecule is C=CCNCC(=O)NCC[C@H](O)C(=O)O. The summed E-state index contributed by atoms with van der Waals surface area (Å²) in [5, 5.41) is 22.5. The molecule has 0 aromatic heterocycles. The van der Waals surface area contributed by atoms with Crippen LogP contribution >= 0.6 is 0 Å². The number of carboxylic acids is 1. The number of carbonyl (C=O) groups is 2. The Morgan fingerprint density at radius 2 is 2.13 bits per heavy atom.